The minimum absolute atomic E-state index is 0.179. The number of carbonyl (C=O) groups is 2. The van der Waals surface area contributed by atoms with Gasteiger partial charge >= 0.3 is 0 Å². The number of hydrazone groups is 1. The van der Waals surface area contributed by atoms with Gasteiger partial charge in [-0.3, -0.25) is 9.59 Å². The highest BCUT2D eigenvalue weighted by atomic mass is 16.5. The van der Waals surface area contributed by atoms with Crippen LogP contribution in [-0.2, 0) is 9.59 Å². The van der Waals surface area contributed by atoms with Crippen molar-refractivity contribution in [2.45, 2.75) is 0 Å². The van der Waals surface area contributed by atoms with E-state index in [4.69, 9.17) is 14.2 Å². The maximum absolute atomic E-state index is 11.8. The second-order valence-corrected chi connectivity index (χ2v) is 5.25. The summed E-state index contributed by atoms with van der Waals surface area (Å²) in [5.41, 5.74) is 2.96. The Morgan fingerprint density at radius 2 is 1.78 bits per heavy atom. The van der Waals surface area contributed by atoms with Crippen molar-refractivity contribution < 1.29 is 23.8 Å². The van der Waals surface area contributed by atoms with Gasteiger partial charge in [0.25, 0.3) is 11.8 Å². The van der Waals surface area contributed by atoms with E-state index in [0.717, 1.165) is 0 Å². The van der Waals surface area contributed by atoms with Crippen molar-refractivity contribution in [3.63, 3.8) is 0 Å². The molecule has 2 aromatic rings. The van der Waals surface area contributed by atoms with Crippen LogP contribution in [0.15, 0.2) is 53.6 Å². The first-order valence-corrected chi connectivity index (χ1v) is 8.11. The van der Waals surface area contributed by atoms with Crippen LogP contribution in [0.3, 0.4) is 0 Å². The highest BCUT2D eigenvalue weighted by molar-refractivity contribution is 5.88. The predicted octanol–water partition coefficient (Wildman–Crippen LogP) is 1.35. The molecule has 0 fully saturated rings. The molecule has 27 heavy (non-hydrogen) atoms. The number of benzene rings is 2. The average Bonchev–Trinajstić information content (AvgIpc) is 2.71. The Hall–Kier alpha value is -3.55. The van der Waals surface area contributed by atoms with Gasteiger partial charge in [-0.25, -0.2) is 5.43 Å². The molecular weight excluding hydrogens is 350 g/mol. The Kier molecular flexibility index (Phi) is 7.65. The molecule has 2 aromatic carbocycles. The number of amides is 2. The molecular formula is C19H21N3O5. The molecule has 142 valence electrons. The molecule has 0 atom stereocenters. The molecule has 2 amide bonds. The van der Waals surface area contributed by atoms with Crippen LogP contribution < -0.4 is 25.0 Å². The number of methoxy groups -OCH3 is 2. The van der Waals surface area contributed by atoms with Crippen molar-refractivity contribution in [1.82, 2.24) is 10.7 Å². The summed E-state index contributed by atoms with van der Waals surface area (Å²) in [4.78, 5) is 23.4. The van der Waals surface area contributed by atoms with Gasteiger partial charge in [-0.2, -0.15) is 5.10 Å². The molecule has 0 saturated heterocycles. The summed E-state index contributed by atoms with van der Waals surface area (Å²) in [6.45, 7) is -0.398. The molecule has 0 bridgehead atoms. The SMILES string of the molecule is COc1cccc(/C=N\NC(=O)CNC(=O)COc2ccccc2)c1OC. The van der Waals surface area contributed by atoms with Crippen LogP contribution in [-0.4, -0.2) is 45.4 Å². The fourth-order valence-corrected chi connectivity index (χ4v) is 2.12. The second-order valence-electron chi connectivity index (χ2n) is 5.25. The summed E-state index contributed by atoms with van der Waals surface area (Å²) in [6.07, 6.45) is 1.43. The Bertz CT molecular complexity index is 793. The maximum Gasteiger partial charge on any atom is 0.259 e. The van der Waals surface area contributed by atoms with Crippen molar-refractivity contribution in [1.29, 1.82) is 0 Å². The topological polar surface area (TPSA) is 98.2 Å². The number of ether oxygens (including phenoxy) is 3. The molecule has 0 heterocycles. The molecule has 0 spiro atoms. The number of carbonyl (C=O) groups excluding carboxylic acids is 2. The molecule has 0 unspecified atom stereocenters. The monoisotopic (exact) mass is 371 g/mol. The molecule has 0 aromatic heterocycles. The molecule has 0 aliphatic heterocycles. The van der Waals surface area contributed by atoms with Gasteiger partial charge in [-0.05, 0) is 24.3 Å². The largest absolute Gasteiger partial charge is 0.493 e. The third-order valence-corrected chi connectivity index (χ3v) is 3.39. The van der Waals surface area contributed by atoms with Crippen LogP contribution in [0.4, 0.5) is 0 Å². The summed E-state index contributed by atoms with van der Waals surface area (Å²) in [6, 6.07) is 14.2. The summed E-state index contributed by atoms with van der Waals surface area (Å²) < 4.78 is 15.7. The predicted molar refractivity (Wildman–Crippen MR) is 100 cm³/mol. The summed E-state index contributed by atoms with van der Waals surface area (Å²) >= 11 is 0. The van der Waals surface area contributed by atoms with E-state index in [9.17, 15) is 9.59 Å². The van der Waals surface area contributed by atoms with E-state index in [-0.39, 0.29) is 13.2 Å². The van der Waals surface area contributed by atoms with Gasteiger partial charge in [0.05, 0.1) is 27.0 Å². The van der Waals surface area contributed by atoms with Gasteiger partial charge in [0.15, 0.2) is 18.1 Å². The lowest BCUT2D eigenvalue weighted by molar-refractivity contribution is -0.127. The van der Waals surface area contributed by atoms with E-state index < -0.39 is 11.8 Å². The quantitative estimate of drug-likeness (QED) is 0.512. The Morgan fingerprint density at radius 1 is 1.00 bits per heavy atom. The zero-order valence-corrected chi connectivity index (χ0v) is 15.1. The third kappa shape index (κ3) is 6.35. The van der Waals surface area contributed by atoms with Gasteiger partial charge in [0.2, 0.25) is 0 Å². The van der Waals surface area contributed by atoms with Crippen molar-refractivity contribution >= 4 is 18.0 Å². The summed E-state index contributed by atoms with van der Waals surface area (Å²) in [5.74, 6) is 0.755. The van der Waals surface area contributed by atoms with E-state index in [1.54, 1.807) is 42.5 Å². The third-order valence-electron chi connectivity index (χ3n) is 3.39. The van der Waals surface area contributed by atoms with Crippen molar-refractivity contribution in [3.8, 4) is 17.2 Å². The Labute approximate surface area is 157 Å². The van der Waals surface area contributed by atoms with Gasteiger partial charge in [0, 0.05) is 5.56 Å². The van der Waals surface area contributed by atoms with E-state index in [1.807, 2.05) is 6.07 Å². The average molecular weight is 371 g/mol. The van der Waals surface area contributed by atoms with E-state index in [0.29, 0.717) is 22.8 Å². The number of rotatable bonds is 9. The zero-order chi connectivity index (χ0) is 19.5. The molecule has 0 aliphatic carbocycles. The van der Waals surface area contributed by atoms with Gasteiger partial charge in [0.1, 0.15) is 5.75 Å². The van der Waals surface area contributed by atoms with Gasteiger partial charge in [-0.15, -0.1) is 0 Å². The van der Waals surface area contributed by atoms with Crippen LogP contribution in [0.1, 0.15) is 5.56 Å². The lowest BCUT2D eigenvalue weighted by Crippen LogP contribution is -2.37. The minimum atomic E-state index is -0.471. The number of hydrogen-bond acceptors (Lipinski definition) is 6. The molecule has 2 rings (SSSR count). The first-order chi connectivity index (χ1) is 13.1. The van der Waals surface area contributed by atoms with Crippen molar-refractivity contribution in [2.75, 3.05) is 27.4 Å². The number of nitrogens with zero attached hydrogens (tertiary/aromatic N) is 1. The maximum atomic E-state index is 11.8. The highest BCUT2D eigenvalue weighted by Crippen LogP contribution is 2.29. The molecule has 8 nitrogen and oxygen atoms in total. The highest BCUT2D eigenvalue weighted by Gasteiger charge is 2.08. The minimum Gasteiger partial charge on any atom is -0.493 e. The summed E-state index contributed by atoms with van der Waals surface area (Å²) in [5, 5.41) is 6.30. The molecule has 0 radical (unpaired) electrons. The van der Waals surface area contributed by atoms with Crippen LogP contribution in [0.25, 0.3) is 0 Å². The zero-order valence-electron chi connectivity index (χ0n) is 15.1. The van der Waals surface area contributed by atoms with Crippen molar-refractivity contribution in [3.05, 3.63) is 54.1 Å². The van der Waals surface area contributed by atoms with Crippen LogP contribution in [0.2, 0.25) is 0 Å². The second kappa shape index (κ2) is 10.4. The van der Waals surface area contributed by atoms with Gasteiger partial charge in [-0.1, -0.05) is 24.3 Å². The van der Waals surface area contributed by atoms with Crippen molar-refractivity contribution in [2.24, 2.45) is 5.10 Å². The molecule has 8 heteroatoms. The lowest BCUT2D eigenvalue weighted by atomic mass is 10.2. The number of nitrogens with one attached hydrogen (secondary N) is 2. The smallest absolute Gasteiger partial charge is 0.259 e. The first kappa shape index (κ1) is 19.8. The van der Waals surface area contributed by atoms with Crippen LogP contribution in [0, 0.1) is 0 Å². The fourth-order valence-electron chi connectivity index (χ4n) is 2.12. The summed E-state index contributed by atoms with van der Waals surface area (Å²) in [7, 11) is 3.05. The standard InChI is InChI=1S/C19H21N3O5/c1-25-16-10-6-7-14(19(16)26-2)11-21-22-17(23)12-20-18(24)13-27-15-8-4-3-5-9-15/h3-11H,12-13H2,1-2H3,(H,20,24)(H,22,23)/b21-11-. The lowest BCUT2D eigenvalue weighted by Gasteiger charge is -2.09. The van der Waals surface area contributed by atoms with Crippen LogP contribution >= 0.6 is 0 Å². The normalized spacial score (nSPS) is 10.3. The number of hydrogen-bond donors (Lipinski definition) is 2. The van der Waals surface area contributed by atoms with Crippen LogP contribution in [0.5, 0.6) is 17.2 Å². The molecule has 0 saturated carbocycles. The Morgan fingerprint density at radius 3 is 2.48 bits per heavy atom. The molecule has 0 aliphatic rings. The van der Waals surface area contributed by atoms with E-state index in [1.165, 1.54) is 20.4 Å². The van der Waals surface area contributed by atoms with Gasteiger partial charge < -0.3 is 19.5 Å². The first-order valence-electron chi connectivity index (χ1n) is 8.11. The van der Waals surface area contributed by atoms with E-state index >= 15 is 0 Å². The Balaban J connectivity index is 1.76. The molecule has 2 N–H and O–H groups in total. The van der Waals surface area contributed by atoms with E-state index in [2.05, 4.69) is 15.8 Å². The fraction of sp³-hybridized carbons (Fsp3) is 0.211. The number of para-hydroxylation sites is 2.